The molecule has 0 atom stereocenters. The zero-order valence-corrected chi connectivity index (χ0v) is 17.3. The number of nitrogens with zero attached hydrogens (tertiary/aromatic N) is 3. The summed E-state index contributed by atoms with van der Waals surface area (Å²) in [5.41, 5.74) is 0.962. The SMILES string of the molecule is CCOC(=O)C1CCN(C(=NC)NCc2ccc(Oc3cccc(F)c3)nc2)CC1. The molecule has 0 saturated carbocycles. The van der Waals surface area contributed by atoms with E-state index in [1.807, 2.05) is 13.0 Å². The van der Waals surface area contributed by atoms with Gasteiger partial charge in [0.2, 0.25) is 5.88 Å². The van der Waals surface area contributed by atoms with Crippen LogP contribution < -0.4 is 10.1 Å². The number of halogens is 1. The molecular weight excluding hydrogens is 387 g/mol. The van der Waals surface area contributed by atoms with E-state index in [0.29, 0.717) is 24.8 Å². The number of nitrogens with one attached hydrogen (secondary N) is 1. The fourth-order valence-electron chi connectivity index (χ4n) is 3.33. The summed E-state index contributed by atoms with van der Waals surface area (Å²) in [7, 11) is 1.74. The van der Waals surface area contributed by atoms with Crippen molar-refractivity contribution in [3.05, 3.63) is 54.0 Å². The van der Waals surface area contributed by atoms with E-state index in [1.54, 1.807) is 31.4 Å². The molecule has 0 bridgehead atoms. The van der Waals surface area contributed by atoms with Gasteiger partial charge in [-0.05, 0) is 37.5 Å². The van der Waals surface area contributed by atoms with Gasteiger partial charge in [-0.25, -0.2) is 9.37 Å². The van der Waals surface area contributed by atoms with Crippen LogP contribution >= 0.6 is 0 Å². The second kappa shape index (κ2) is 10.6. The average Bonchev–Trinajstić information content (AvgIpc) is 2.76. The maximum atomic E-state index is 13.2. The van der Waals surface area contributed by atoms with Gasteiger partial charge in [-0.2, -0.15) is 0 Å². The zero-order chi connectivity index (χ0) is 21.3. The normalized spacial score (nSPS) is 15.0. The van der Waals surface area contributed by atoms with E-state index >= 15 is 0 Å². The van der Waals surface area contributed by atoms with Crippen LogP contribution in [0.1, 0.15) is 25.3 Å². The quantitative estimate of drug-likeness (QED) is 0.444. The van der Waals surface area contributed by atoms with Crippen molar-refractivity contribution in [1.82, 2.24) is 15.2 Å². The molecule has 0 radical (unpaired) electrons. The number of carbonyl (C=O) groups excluding carboxylic acids is 1. The van der Waals surface area contributed by atoms with E-state index in [2.05, 4.69) is 20.2 Å². The smallest absolute Gasteiger partial charge is 0.309 e. The minimum Gasteiger partial charge on any atom is -0.466 e. The third-order valence-corrected chi connectivity index (χ3v) is 4.89. The molecule has 7 nitrogen and oxygen atoms in total. The van der Waals surface area contributed by atoms with Gasteiger partial charge in [0.25, 0.3) is 0 Å². The van der Waals surface area contributed by atoms with Gasteiger partial charge in [0, 0.05) is 45.0 Å². The Morgan fingerprint density at radius 3 is 2.73 bits per heavy atom. The largest absolute Gasteiger partial charge is 0.466 e. The first-order valence-electron chi connectivity index (χ1n) is 10.1. The summed E-state index contributed by atoms with van der Waals surface area (Å²) in [6.45, 7) is 4.30. The van der Waals surface area contributed by atoms with Crippen LogP contribution in [-0.2, 0) is 16.1 Å². The highest BCUT2D eigenvalue weighted by molar-refractivity contribution is 5.80. The minimum absolute atomic E-state index is 0.0332. The first-order valence-corrected chi connectivity index (χ1v) is 10.1. The number of aliphatic imine (C=N–C) groups is 1. The summed E-state index contributed by atoms with van der Waals surface area (Å²) in [4.78, 5) is 22.7. The Kier molecular flexibility index (Phi) is 7.59. The Hall–Kier alpha value is -3.16. The van der Waals surface area contributed by atoms with Gasteiger partial charge in [0.15, 0.2) is 5.96 Å². The number of hydrogen-bond donors (Lipinski definition) is 1. The van der Waals surface area contributed by atoms with E-state index < -0.39 is 0 Å². The number of guanidine groups is 1. The summed E-state index contributed by atoms with van der Waals surface area (Å²) in [5.74, 6) is 1.10. The van der Waals surface area contributed by atoms with Crippen LogP contribution in [0.15, 0.2) is 47.6 Å². The number of aromatic nitrogens is 1. The third kappa shape index (κ3) is 5.92. The lowest BCUT2D eigenvalue weighted by molar-refractivity contribution is -0.149. The first kappa shape index (κ1) is 21.5. The number of benzene rings is 1. The molecule has 8 heteroatoms. The summed E-state index contributed by atoms with van der Waals surface area (Å²) in [5, 5.41) is 3.33. The van der Waals surface area contributed by atoms with E-state index in [9.17, 15) is 9.18 Å². The zero-order valence-electron chi connectivity index (χ0n) is 17.3. The molecule has 0 spiro atoms. The topological polar surface area (TPSA) is 76.0 Å². The molecule has 1 aromatic heterocycles. The van der Waals surface area contributed by atoms with Crippen molar-refractivity contribution in [2.45, 2.75) is 26.3 Å². The maximum absolute atomic E-state index is 13.2. The second-order valence-electron chi connectivity index (χ2n) is 6.98. The summed E-state index contributed by atoms with van der Waals surface area (Å²) < 4.78 is 23.9. The van der Waals surface area contributed by atoms with Crippen LogP contribution in [0.3, 0.4) is 0 Å². The van der Waals surface area contributed by atoms with Crippen molar-refractivity contribution in [2.24, 2.45) is 10.9 Å². The molecule has 1 aliphatic rings. The molecule has 0 unspecified atom stereocenters. The second-order valence-corrected chi connectivity index (χ2v) is 6.98. The van der Waals surface area contributed by atoms with Crippen LogP contribution in [0.25, 0.3) is 0 Å². The van der Waals surface area contributed by atoms with Gasteiger partial charge in [-0.3, -0.25) is 9.79 Å². The number of ether oxygens (including phenoxy) is 2. The van der Waals surface area contributed by atoms with Gasteiger partial charge in [-0.1, -0.05) is 12.1 Å². The van der Waals surface area contributed by atoms with Crippen molar-refractivity contribution in [1.29, 1.82) is 0 Å². The predicted molar refractivity (Wildman–Crippen MR) is 112 cm³/mol. The molecule has 1 fully saturated rings. The fourth-order valence-corrected chi connectivity index (χ4v) is 3.33. The lowest BCUT2D eigenvalue weighted by atomic mass is 9.97. The van der Waals surface area contributed by atoms with Gasteiger partial charge in [0.1, 0.15) is 11.6 Å². The number of hydrogen-bond acceptors (Lipinski definition) is 5. The van der Waals surface area contributed by atoms with E-state index in [1.165, 1.54) is 12.1 Å². The molecule has 0 aliphatic carbocycles. The lowest BCUT2D eigenvalue weighted by Gasteiger charge is -2.33. The molecule has 1 saturated heterocycles. The van der Waals surface area contributed by atoms with Crippen LogP contribution in [0.4, 0.5) is 4.39 Å². The van der Waals surface area contributed by atoms with Gasteiger partial charge in [0.05, 0.1) is 12.5 Å². The fraction of sp³-hybridized carbons (Fsp3) is 0.409. The molecule has 2 heterocycles. The van der Waals surface area contributed by atoms with Crippen molar-refractivity contribution in [2.75, 3.05) is 26.7 Å². The Balaban J connectivity index is 1.49. The molecule has 1 N–H and O–H groups in total. The van der Waals surface area contributed by atoms with Crippen LogP contribution in [0.5, 0.6) is 11.6 Å². The van der Waals surface area contributed by atoms with Crippen molar-refractivity contribution in [3.63, 3.8) is 0 Å². The number of pyridine rings is 1. The molecule has 30 heavy (non-hydrogen) atoms. The number of likely N-dealkylation sites (tertiary alicyclic amines) is 1. The molecule has 3 rings (SSSR count). The Morgan fingerprint density at radius 2 is 2.10 bits per heavy atom. The highest BCUT2D eigenvalue weighted by Crippen LogP contribution is 2.21. The van der Waals surface area contributed by atoms with Gasteiger partial charge in [-0.15, -0.1) is 0 Å². The Bertz CT molecular complexity index is 865. The van der Waals surface area contributed by atoms with E-state index in [0.717, 1.165) is 37.5 Å². The average molecular weight is 414 g/mol. The molecule has 0 amide bonds. The predicted octanol–water partition coefficient (Wildman–Crippen LogP) is 3.36. The lowest BCUT2D eigenvalue weighted by Crippen LogP contribution is -2.46. The van der Waals surface area contributed by atoms with Crippen LogP contribution in [0, 0.1) is 11.7 Å². The molecule has 1 aliphatic heterocycles. The van der Waals surface area contributed by atoms with Crippen molar-refractivity contribution in [3.8, 4) is 11.6 Å². The van der Waals surface area contributed by atoms with E-state index in [4.69, 9.17) is 9.47 Å². The Morgan fingerprint density at radius 1 is 1.30 bits per heavy atom. The van der Waals surface area contributed by atoms with Gasteiger partial charge < -0.3 is 19.7 Å². The van der Waals surface area contributed by atoms with Crippen LogP contribution in [-0.4, -0.2) is 48.6 Å². The summed E-state index contributed by atoms with van der Waals surface area (Å²) >= 11 is 0. The summed E-state index contributed by atoms with van der Waals surface area (Å²) in [6.07, 6.45) is 3.22. The van der Waals surface area contributed by atoms with Gasteiger partial charge >= 0.3 is 5.97 Å². The molecule has 160 valence electrons. The van der Waals surface area contributed by atoms with Crippen molar-refractivity contribution < 1.29 is 18.7 Å². The van der Waals surface area contributed by atoms with Crippen LogP contribution in [0.2, 0.25) is 0 Å². The molecule has 1 aromatic carbocycles. The number of rotatable bonds is 6. The highest BCUT2D eigenvalue weighted by atomic mass is 19.1. The van der Waals surface area contributed by atoms with Crippen molar-refractivity contribution >= 4 is 11.9 Å². The minimum atomic E-state index is -0.356. The standard InChI is InChI=1S/C22H27FN4O3/c1-3-29-21(28)17-9-11-27(12-10-17)22(24-2)26-15-16-7-8-20(25-14-16)30-19-6-4-5-18(23)13-19/h4-8,13-14,17H,3,9-12,15H2,1-2H3,(H,24,26). The third-order valence-electron chi connectivity index (χ3n) is 4.89. The number of carbonyl (C=O) groups is 1. The van der Waals surface area contributed by atoms with E-state index in [-0.39, 0.29) is 17.7 Å². The number of esters is 1. The molecular formula is C22H27FN4O3. The highest BCUT2D eigenvalue weighted by Gasteiger charge is 2.27. The monoisotopic (exact) mass is 414 g/mol. The first-order chi connectivity index (χ1) is 14.6. The molecule has 2 aromatic rings. The maximum Gasteiger partial charge on any atom is 0.309 e. The number of piperidine rings is 1. The summed E-state index contributed by atoms with van der Waals surface area (Å²) in [6, 6.07) is 9.58. The Labute approximate surface area is 175 Å².